The van der Waals surface area contributed by atoms with E-state index in [1.807, 2.05) is 0 Å². The van der Waals surface area contributed by atoms with E-state index >= 15 is 0 Å². The summed E-state index contributed by atoms with van der Waals surface area (Å²) in [5.74, 6) is -3.86. The predicted octanol–water partition coefficient (Wildman–Crippen LogP) is 2.08. The number of nitrogens with zero attached hydrogens (tertiary/aromatic N) is 1. The molecule has 0 saturated carbocycles. The second-order valence-electron chi connectivity index (χ2n) is 5.40. The van der Waals surface area contributed by atoms with Gasteiger partial charge in [-0.2, -0.15) is 0 Å². The van der Waals surface area contributed by atoms with Crippen molar-refractivity contribution in [3.63, 3.8) is 0 Å². The lowest BCUT2D eigenvalue weighted by Crippen LogP contribution is -2.41. The average molecular weight is 321 g/mol. The molecular formula is C15H15NO7. The number of rotatable bonds is 3. The largest absolute Gasteiger partial charge is 0.502 e. The van der Waals surface area contributed by atoms with Crippen molar-refractivity contribution >= 4 is 23.7 Å². The molecule has 1 aliphatic rings. The quantitative estimate of drug-likeness (QED) is 0.298. The van der Waals surface area contributed by atoms with Crippen LogP contribution in [0.5, 0.6) is 5.75 Å². The summed E-state index contributed by atoms with van der Waals surface area (Å²) < 4.78 is 9.87. The van der Waals surface area contributed by atoms with Gasteiger partial charge in [-0.1, -0.05) is 6.92 Å². The van der Waals surface area contributed by atoms with Gasteiger partial charge in [0.2, 0.25) is 5.75 Å². The number of nitro benzene ring substituents is 1. The van der Waals surface area contributed by atoms with Gasteiger partial charge in [0, 0.05) is 25.5 Å². The maximum atomic E-state index is 11.9. The Morgan fingerprint density at radius 3 is 2.30 bits per heavy atom. The average Bonchev–Trinajstić information content (AvgIpc) is 2.43. The molecule has 0 aromatic heterocycles. The third-order valence-corrected chi connectivity index (χ3v) is 3.20. The molecule has 1 aromatic carbocycles. The van der Waals surface area contributed by atoms with E-state index in [1.165, 1.54) is 26.0 Å². The Morgan fingerprint density at radius 2 is 1.83 bits per heavy atom. The Labute approximate surface area is 131 Å². The van der Waals surface area contributed by atoms with Gasteiger partial charge in [-0.3, -0.25) is 10.1 Å². The van der Waals surface area contributed by atoms with E-state index in [0.29, 0.717) is 12.0 Å². The second-order valence-corrected chi connectivity index (χ2v) is 5.40. The molecule has 122 valence electrons. The summed E-state index contributed by atoms with van der Waals surface area (Å²) in [5.41, 5.74) is -0.407. The molecule has 0 radical (unpaired) electrons. The molecule has 1 N–H and O–H groups in total. The van der Waals surface area contributed by atoms with Crippen molar-refractivity contribution < 1.29 is 29.1 Å². The molecule has 23 heavy (non-hydrogen) atoms. The van der Waals surface area contributed by atoms with E-state index in [-0.39, 0.29) is 5.56 Å². The molecule has 0 spiro atoms. The van der Waals surface area contributed by atoms with E-state index in [0.717, 1.165) is 6.08 Å². The van der Waals surface area contributed by atoms with Crippen molar-refractivity contribution in [1.82, 2.24) is 0 Å². The number of aryl methyl sites for hydroxylation is 1. The highest BCUT2D eigenvalue weighted by Crippen LogP contribution is 2.34. The van der Waals surface area contributed by atoms with Gasteiger partial charge in [0.1, 0.15) is 5.57 Å². The minimum absolute atomic E-state index is 0.0281. The highest BCUT2D eigenvalue weighted by molar-refractivity contribution is 6.19. The maximum Gasteiger partial charge on any atom is 0.348 e. The number of carbonyl (C=O) groups is 2. The molecule has 2 rings (SSSR count). The van der Waals surface area contributed by atoms with Crippen LogP contribution in [0.4, 0.5) is 5.69 Å². The monoisotopic (exact) mass is 321 g/mol. The summed E-state index contributed by atoms with van der Waals surface area (Å²) in [6.45, 7) is 4.58. The minimum Gasteiger partial charge on any atom is -0.502 e. The van der Waals surface area contributed by atoms with Gasteiger partial charge in [-0.05, 0) is 24.1 Å². The first-order valence-electron chi connectivity index (χ1n) is 6.83. The lowest BCUT2D eigenvalue weighted by atomic mass is 10.0. The predicted molar refractivity (Wildman–Crippen MR) is 78.4 cm³/mol. The molecular weight excluding hydrogens is 306 g/mol. The number of hydrogen-bond donors (Lipinski definition) is 1. The standard InChI is InChI=1S/C15H15NO7/c1-4-8-5-9(12(17)11(6-8)16(20)21)7-10-13(18)22-15(2,3)23-14(10)19/h5-7,17H,4H2,1-3H3. The van der Waals surface area contributed by atoms with Gasteiger partial charge < -0.3 is 14.6 Å². The summed E-state index contributed by atoms with van der Waals surface area (Å²) >= 11 is 0. The van der Waals surface area contributed by atoms with E-state index in [1.54, 1.807) is 6.92 Å². The van der Waals surface area contributed by atoms with Crippen LogP contribution in [-0.2, 0) is 25.5 Å². The van der Waals surface area contributed by atoms with Crippen molar-refractivity contribution in [3.05, 3.63) is 38.9 Å². The number of aromatic hydroxyl groups is 1. The van der Waals surface area contributed by atoms with E-state index in [4.69, 9.17) is 9.47 Å². The van der Waals surface area contributed by atoms with Crippen LogP contribution in [0, 0.1) is 10.1 Å². The molecule has 8 heteroatoms. The zero-order chi connectivity index (χ0) is 17.4. The van der Waals surface area contributed by atoms with Crippen LogP contribution in [0.2, 0.25) is 0 Å². The van der Waals surface area contributed by atoms with E-state index in [2.05, 4.69) is 0 Å². The van der Waals surface area contributed by atoms with Gasteiger partial charge >= 0.3 is 17.6 Å². The number of carbonyl (C=O) groups excluding carboxylic acids is 2. The molecule has 0 atom stereocenters. The third-order valence-electron chi connectivity index (χ3n) is 3.20. The molecule has 1 heterocycles. The fourth-order valence-corrected chi connectivity index (χ4v) is 2.09. The number of nitro groups is 1. The Hall–Kier alpha value is -2.90. The molecule has 1 fully saturated rings. The van der Waals surface area contributed by atoms with Crippen LogP contribution < -0.4 is 0 Å². The summed E-state index contributed by atoms with van der Waals surface area (Å²) in [6, 6.07) is 2.69. The number of hydrogen-bond acceptors (Lipinski definition) is 7. The second kappa shape index (κ2) is 5.71. The SMILES string of the molecule is CCc1cc(C=C2C(=O)OC(C)(C)OC2=O)c(O)c([N+](=O)[O-])c1. The van der Waals surface area contributed by atoms with Gasteiger partial charge in [-0.15, -0.1) is 0 Å². The van der Waals surface area contributed by atoms with Crippen LogP contribution in [0.1, 0.15) is 31.9 Å². The van der Waals surface area contributed by atoms with E-state index < -0.39 is 39.7 Å². The lowest BCUT2D eigenvalue weighted by molar-refractivity contribution is -0.385. The number of ether oxygens (including phenoxy) is 2. The first-order valence-corrected chi connectivity index (χ1v) is 6.83. The number of phenolic OH excluding ortho intramolecular Hbond substituents is 1. The first-order chi connectivity index (χ1) is 10.6. The molecule has 0 unspecified atom stereocenters. The highest BCUT2D eigenvalue weighted by Gasteiger charge is 2.39. The van der Waals surface area contributed by atoms with Crippen molar-refractivity contribution in [3.8, 4) is 5.75 Å². The van der Waals surface area contributed by atoms with Crippen molar-refractivity contribution in [2.24, 2.45) is 0 Å². The molecule has 8 nitrogen and oxygen atoms in total. The van der Waals surface area contributed by atoms with Crippen molar-refractivity contribution in [1.29, 1.82) is 0 Å². The number of phenols is 1. The van der Waals surface area contributed by atoms with Crippen LogP contribution in [0.15, 0.2) is 17.7 Å². The smallest absolute Gasteiger partial charge is 0.348 e. The third kappa shape index (κ3) is 3.31. The zero-order valence-electron chi connectivity index (χ0n) is 12.8. The molecule has 0 bridgehead atoms. The fraction of sp³-hybridized carbons (Fsp3) is 0.333. The Bertz CT molecular complexity index is 712. The normalized spacial score (nSPS) is 16.6. The Morgan fingerprint density at radius 1 is 1.26 bits per heavy atom. The van der Waals surface area contributed by atoms with Crippen LogP contribution in [-0.4, -0.2) is 27.8 Å². The van der Waals surface area contributed by atoms with Gasteiger partial charge in [-0.25, -0.2) is 9.59 Å². The number of benzene rings is 1. The molecule has 1 aromatic rings. The van der Waals surface area contributed by atoms with Gasteiger partial charge in [0.25, 0.3) is 5.79 Å². The molecule has 1 aliphatic heterocycles. The molecule has 1 saturated heterocycles. The fourth-order valence-electron chi connectivity index (χ4n) is 2.09. The summed E-state index contributed by atoms with van der Waals surface area (Å²) in [4.78, 5) is 34.1. The topological polar surface area (TPSA) is 116 Å². The van der Waals surface area contributed by atoms with Crippen molar-refractivity contribution in [2.45, 2.75) is 33.0 Å². The summed E-state index contributed by atoms with van der Waals surface area (Å²) in [6.07, 6.45) is 1.50. The highest BCUT2D eigenvalue weighted by atomic mass is 16.7. The Kier molecular flexibility index (Phi) is 4.09. The number of cyclic esters (lactones) is 2. The zero-order valence-corrected chi connectivity index (χ0v) is 12.8. The van der Waals surface area contributed by atoms with Crippen LogP contribution >= 0.6 is 0 Å². The number of esters is 2. The van der Waals surface area contributed by atoms with Crippen LogP contribution in [0.25, 0.3) is 6.08 Å². The first kappa shape index (κ1) is 16.5. The van der Waals surface area contributed by atoms with Gasteiger partial charge in [0.05, 0.1) is 4.92 Å². The maximum absolute atomic E-state index is 11.9. The minimum atomic E-state index is -1.38. The summed E-state index contributed by atoms with van der Waals surface area (Å²) in [5, 5.41) is 21.0. The molecule has 0 aliphatic carbocycles. The summed E-state index contributed by atoms with van der Waals surface area (Å²) in [7, 11) is 0. The van der Waals surface area contributed by atoms with E-state index in [9.17, 15) is 24.8 Å². The van der Waals surface area contributed by atoms with Crippen LogP contribution in [0.3, 0.4) is 0 Å². The molecule has 0 amide bonds. The van der Waals surface area contributed by atoms with Crippen molar-refractivity contribution in [2.75, 3.05) is 0 Å². The Balaban J connectivity index is 2.54. The van der Waals surface area contributed by atoms with Gasteiger partial charge in [0.15, 0.2) is 0 Å². The lowest BCUT2D eigenvalue weighted by Gasteiger charge is -2.29.